The van der Waals surface area contributed by atoms with E-state index in [-0.39, 0.29) is 39.0 Å². The van der Waals surface area contributed by atoms with E-state index in [0.29, 0.717) is 0 Å². The van der Waals surface area contributed by atoms with Gasteiger partial charge in [0.05, 0.1) is 22.5 Å². The molecule has 0 fully saturated rings. The highest BCUT2D eigenvalue weighted by Gasteiger charge is 2.17. The van der Waals surface area contributed by atoms with Gasteiger partial charge in [0.1, 0.15) is 29.7 Å². The fourth-order valence-electron chi connectivity index (χ4n) is 2.40. The average Bonchev–Trinajstić information content (AvgIpc) is 2.70. The number of halogens is 3. The Bertz CT molecular complexity index is 1070. The third kappa shape index (κ3) is 4.85. The summed E-state index contributed by atoms with van der Waals surface area (Å²) in [5.41, 5.74) is 0.295. The van der Waals surface area contributed by atoms with Crippen molar-refractivity contribution in [2.45, 2.75) is 6.67 Å². The molecule has 0 bridgehead atoms. The van der Waals surface area contributed by atoms with Crippen LogP contribution >= 0.6 is 11.6 Å². The highest BCUT2D eigenvalue weighted by Crippen LogP contribution is 2.32. The van der Waals surface area contributed by atoms with Crippen LogP contribution < -0.4 is 10.1 Å². The standard InChI is InChI=1S/C20H13ClF2N2O4/c21-15-8-12(23)2-6-18(15)29-17-5-1-11(9-22)7-14(17)19(26)25-13-3-4-16(20(27)28)24-10-13/h1-8,10H,9H2,(H,25,26)(H,27,28). The van der Waals surface area contributed by atoms with Crippen LogP contribution in [-0.4, -0.2) is 22.0 Å². The summed E-state index contributed by atoms with van der Waals surface area (Å²) in [5.74, 6) is -2.21. The number of hydrogen-bond donors (Lipinski definition) is 2. The van der Waals surface area contributed by atoms with Crippen molar-refractivity contribution in [2.75, 3.05) is 5.32 Å². The first-order chi connectivity index (χ1) is 13.9. The molecule has 0 unspecified atom stereocenters. The number of aromatic carboxylic acids is 1. The highest BCUT2D eigenvalue weighted by molar-refractivity contribution is 6.32. The van der Waals surface area contributed by atoms with Crippen LogP contribution in [-0.2, 0) is 6.67 Å². The number of carbonyl (C=O) groups is 2. The molecule has 0 aliphatic heterocycles. The number of benzene rings is 2. The number of hydrogen-bond acceptors (Lipinski definition) is 4. The Hall–Kier alpha value is -3.52. The van der Waals surface area contributed by atoms with Gasteiger partial charge in [-0.3, -0.25) is 4.79 Å². The molecule has 3 rings (SSSR count). The molecule has 1 heterocycles. The molecule has 148 valence electrons. The molecule has 29 heavy (non-hydrogen) atoms. The topological polar surface area (TPSA) is 88.5 Å². The molecule has 0 aliphatic carbocycles. The van der Waals surface area contributed by atoms with Gasteiger partial charge in [-0.05, 0) is 48.0 Å². The Morgan fingerprint density at radius 1 is 1.10 bits per heavy atom. The lowest BCUT2D eigenvalue weighted by molar-refractivity contribution is 0.0690. The second kappa shape index (κ2) is 8.66. The van der Waals surface area contributed by atoms with Crippen molar-refractivity contribution in [3.8, 4) is 11.5 Å². The summed E-state index contributed by atoms with van der Waals surface area (Å²) in [6.45, 7) is -0.799. The van der Waals surface area contributed by atoms with Crippen molar-refractivity contribution in [1.82, 2.24) is 4.98 Å². The lowest BCUT2D eigenvalue weighted by Gasteiger charge is -2.13. The van der Waals surface area contributed by atoms with E-state index in [2.05, 4.69) is 10.3 Å². The molecule has 2 N–H and O–H groups in total. The molecule has 1 amide bonds. The van der Waals surface area contributed by atoms with Crippen molar-refractivity contribution in [3.05, 3.63) is 82.4 Å². The predicted octanol–water partition coefficient (Wildman–Crippen LogP) is 5.09. The minimum atomic E-state index is -1.20. The maximum absolute atomic E-state index is 13.2. The van der Waals surface area contributed by atoms with Gasteiger partial charge in [-0.15, -0.1) is 0 Å². The van der Waals surface area contributed by atoms with Gasteiger partial charge in [0.15, 0.2) is 0 Å². The number of rotatable bonds is 6. The molecule has 0 radical (unpaired) electrons. The molecule has 0 saturated heterocycles. The largest absolute Gasteiger partial charge is 0.477 e. The summed E-state index contributed by atoms with van der Waals surface area (Å²) in [6, 6.07) is 10.2. The van der Waals surface area contributed by atoms with E-state index in [1.54, 1.807) is 0 Å². The number of nitrogens with one attached hydrogen (secondary N) is 1. The predicted molar refractivity (Wildman–Crippen MR) is 102 cm³/mol. The molecule has 0 atom stereocenters. The first-order valence-corrected chi connectivity index (χ1v) is 8.57. The number of amides is 1. The van der Waals surface area contributed by atoms with E-state index < -0.39 is 24.4 Å². The fraction of sp³-hybridized carbons (Fsp3) is 0.0500. The van der Waals surface area contributed by atoms with Crippen LogP contribution in [0.4, 0.5) is 14.5 Å². The molecule has 9 heteroatoms. The van der Waals surface area contributed by atoms with Crippen molar-refractivity contribution in [1.29, 1.82) is 0 Å². The SMILES string of the molecule is O=C(O)c1ccc(NC(=O)c2cc(CF)ccc2Oc2ccc(F)cc2Cl)cn1. The molecule has 3 aromatic rings. The van der Waals surface area contributed by atoms with E-state index in [9.17, 15) is 18.4 Å². The number of anilines is 1. The first kappa shape index (κ1) is 20.2. The van der Waals surface area contributed by atoms with Gasteiger partial charge in [-0.25, -0.2) is 18.6 Å². The van der Waals surface area contributed by atoms with Gasteiger partial charge in [-0.1, -0.05) is 17.7 Å². The van der Waals surface area contributed by atoms with Gasteiger partial charge in [-0.2, -0.15) is 0 Å². The molecule has 6 nitrogen and oxygen atoms in total. The maximum Gasteiger partial charge on any atom is 0.354 e. The van der Waals surface area contributed by atoms with Crippen LogP contribution in [0.1, 0.15) is 26.4 Å². The number of alkyl halides is 1. The van der Waals surface area contributed by atoms with Gasteiger partial charge in [0, 0.05) is 0 Å². The van der Waals surface area contributed by atoms with Crippen LogP contribution in [0, 0.1) is 5.82 Å². The minimum Gasteiger partial charge on any atom is -0.477 e. The number of ether oxygens (including phenoxy) is 1. The van der Waals surface area contributed by atoms with Crippen LogP contribution in [0.5, 0.6) is 11.5 Å². The van der Waals surface area contributed by atoms with Crippen LogP contribution in [0.15, 0.2) is 54.7 Å². The summed E-state index contributed by atoms with van der Waals surface area (Å²) < 4.78 is 31.9. The zero-order chi connectivity index (χ0) is 21.0. The van der Waals surface area contributed by atoms with E-state index >= 15 is 0 Å². The van der Waals surface area contributed by atoms with Crippen LogP contribution in [0.25, 0.3) is 0 Å². The van der Waals surface area contributed by atoms with Crippen LogP contribution in [0.3, 0.4) is 0 Å². The Kier molecular flexibility index (Phi) is 6.04. The van der Waals surface area contributed by atoms with Crippen molar-refractivity contribution in [3.63, 3.8) is 0 Å². The smallest absolute Gasteiger partial charge is 0.354 e. The number of aromatic nitrogens is 1. The van der Waals surface area contributed by atoms with Gasteiger partial charge >= 0.3 is 5.97 Å². The third-order valence-electron chi connectivity index (χ3n) is 3.80. The Morgan fingerprint density at radius 3 is 2.48 bits per heavy atom. The average molecular weight is 419 g/mol. The van der Waals surface area contributed by atoms with Gasteiger partial charge < -0.3 is 15.2 Å². The number of carboxylic acids is 1. The quantitative estimate of drug-likeness (QED) is 0.582. The Morgan fingerprint density at radius 2 is 1.86 bits per heavy atom. The molecule has 0 aliphatic rings. The summed E-state index contributed by atoms with van der Waals surface area (Å²) in [5, 5.41) is 11.4. The minimum absolute atomic E-state index is 0.000569. The van der Waals surface area contributed by atoms with Crippen LogP contribution in [0.2, 0.25) is 5.02 Å². The zero-order valence-corrected chi connectivity index (χ0v) is 15.4. The van der Waals surface area contributed by atoms with Crippen molar-refractivity contribution >= 4 is 29.2 Å². The first-order valence-electron chi connectivity index (χ1n) is 8.20. The van der Waals surface area contributed by atoms with Crippen molar-refractivity contribution in [2.24, 2.45) is 0 Å². The number of pyridine rings is 1. The number of carbonyl (C=O) groups excluding carboxylic acids is 1. The molecule has 2 aromatic carbocycles. The molecule has 0 spiro atoms. The lowest BCUT2D eigenvalue weighted by Crippen LogP contribution is -2.14. The zero-order valence-electron chi connectivity index (χ0n) is 14.7. The summed E-state index contributed by atoms with van der Waals surface area (Å²) in [7, 11) is 0. The summed E-state index contributed by atoms with van der Waals surface area (Å²) >= 11 is 5.96. The fourth-order valence-corrected chi connectivity index (χ4v) is 2.60. The molecular formula is C20H13ClF2N2O4. The second-order valence-corrected chi connectivity index (χ2v) is 6.24. The third-order valence-corrected chi connectivity index (χ3v) is 4.09. The number of carboxylic acid groups (broad SMARTS) is 1. The molecule has 1 aromatic heterocycles. The molecule has 0 saturated carbocycles. The molecular weight excluding hydrogens is 406 g/mol. The van der Waals surface area contributed by atoms with Gasteiger partial charge in [0.25, 0.3) is 5.91 Å². The Labute approximate surface area is 168 Å². The van der Waals surface area contributed by atoms with E-state index in [1.165, 1.54) is 42.6 Å². The second-order valence-electron chi connectivity index (χ2n) is 5.83. The Balaban J connectivity index is 1.89. The van der Waals surface area contributed by atoms with Gasteiger partial charge in [0.2, 0.25) is 0 Å². The van der Waals surface area contributed by atoms with E-state index in [4.69, 9.17) is 21.4 Å². The summed E-state index contributed by atoms with van der Waals surface area (Å²) in [4.78, 5) is 27.3. The number of nitrogens with zero attached hydrogens (tertiary/aromatic N) is 1. The normalized spacial score (nSPS) is 10.4. The van der Waals surface area contributed by atoms with Crippen molar-refractivity contribution < 1.29 is 28.2 Å². The monoisotopic (exact) mass is 418 g/mol. The highest BCUT2D eigenvalue weighted by atomic mass is 35.5. The maximum atomic E-state index is 13.2. The summed E-state index contributed by atoms with van der Waals surface area (Å²) in [6.07, 6.45) is 1.18. The van der Waals surface area contributed by atoms with E-state index in [1.807, 2.05) is 0 Å². The lowest BCUT2D eigenvalue weighted by atomic mass is 10.1. The van der Waals surface area contributed by atoms with E-state index in [0.717, 1.165) is 12.1 Å².